The van der Waals surface area contributed by atoms with Gasteiger partial charge >= 0.3 is 5.97 Å². The summed E-state index contributed by atoms with van der Waals surface area (Å²) in [5.41, 5.74) is 1.86. The molecule has 0 bridgehead atoms. The molecule has 0 saturated heterocycles. The van der Waals surface area contributed by atoms with Crippen molar-refractivity contribution in [3.63, 3.8) is 0 Å². The number of aromatic nitrogens is 1. The first-order chi connectivity index (χ1) is 15.6. The Balaban J connectivity index is 1.53. The lowest BCUT2D eigenvalue weighted by Gasteiger charge is -2.11. The van der Waals surface area contributed by atoms with Crippen LogP contribution in [0, 0.1) is 0 Å². The quantitative estimate of drug-likeness (QED) is 0.469. The zero-order chi connectivity index (χ0) is 22.8. The lowest BCUT2D eigenvalue weighted by Crippen LogP contribution is -2.28. The first-order valence-electron chi connectivity index (χ1n) is 10.1. The highest BCUT2D eigenvalue weighted by atomic mass is 16.5. The average Bonchev–Trinajstić information content (AvgIpc) is 2.83. The minimum Gasteiger partial charge on any atom is -0.497 e. The molecule has 3 rings (SSSR count). The summed E-state index contributed by atoms with van der Waals surface area (Å²) in [7, 11) is 1.59. The number of carbonyl (C=O) groups is 2. The number of hydrogen-bond donors (Lipinski definition) is 2. The summed E-state index contributed by atoms with van der Waals surface area (Å²) in [5, 5.41) is 5.80. The summed E-state index contributed by atoms with van der Waals surface area (Å²) in [5.74, 6) is 0.769. The summed E-state index contributed by atoms with van der Waals surface area (Å²) >= 11 is 0. The molecule has 0 unspecified atom stereocenters. The van der Waals surface area contributed by atoms with Crippen LogP contribution in [0.25, 0.3) is 0 Å². The third-order valence-corrected chi connectivity index (χ3v) is 4.44. The van der Waals surface area contributed by atoms with Crippen LogP contribution in [0.4, 0.5) is 11.5 Å². The van der Waals surface area contributed by atoms with Crippen LogP contribution >= 0.6 is 0 Å². The summed E-state index contributed by atoms with van der Waals surface area (Å²) in [6.45, 7) is 2.41. The molecule has 0 radical (unpaired) electrons. The lowest BCUT2D eigenvalue weighted by molar-refractivity contribution is -0.124. The number of benzene rings is 2. The van der Waals surface area contributed by atoms with E-state index in [0.29, 0.717) is 19.0 Å². The van der Waals surface area contributed by atoms with Gasteiger partial charge in [-0.1, -0.05) is 12.1 Å². The second-order valence-electron chi connectivity index (χ2n) is 6.68. The molecule has 0 spiro atoms. The van der Waals surface area contributed by atoms with Gasteiger partial charge in [0.1, 0.15) is 22.9 Å². The summed E-state index contributed by atoms with van der Waals surface area (Å²) in [6.07, 6.45) is 1.56. The van der Waals surface area contributed by atoms with Gasteiger partial charge in [-0.15, -0.1) is 0 Å². The van der Waals surface area contributed by atoms with E-state index in [2.05, 4.69) is 15.6 Å². The molecule has 0 atom stereocenters. The van der Waals surface area contributed by atoms with Crippen LogP contribution in [0.3, 0.4) is 0 Å². The summed E-state index contributed by atoms with van der Waals surface area (Å²) in [6, 6.07) is 17.8. The second kappa shape index (κ2) is 11.4. The fraction of sp³-hybridized carbons (Fsp3) is 0.208. The number of nitrogens with one attached hydrogen (secondary N) is 2. The zero-order valence-electron chi connectivity index (χ0n) is 18.0. The number of nitrogens with zero attached hydrogens (tertiary/aromatic N) is 1. The van der Waals surface area contributed by atoms with Gasteiger partial charge < -0.3 is 24.8 Å². The molecule has 1 heterocycles. The molecule has 166 valence electrons. The number of carbonyl (C=O) groups excluding carboxylic acids is 2. The van der Waals surface area contributed by atoms with Crippen LogP contribution < -0.4 is 20.1 Å². The van der Waals surface area contributed by atoms with E-state index >= 15 is 0 Å². The molecule has 32 heavy (non-hydrogen) atoms. The van der Waals surface area contributed by atoms with E-state index in [9.17, 15) is 9.59 Å². The van der Waals surface area contributed by atoms with Gasteiger partial charge in [-0.2, -0.15) is 0 Å². The normalized spacial score (nSPS) is 10.2. The minimum absolute atomic E-state index is 0.226. The molecule has 8 nitrogen and oxygen atoms in total. The molecular formula is C24H25N3O5. The van der Waals surface area contributed by atoms with E-state index in [1.165, 1.54) is 0 Å². The maximum Gasteiger partial charge on any atom is 0.342 e. The molecule has 0 aliphatic heterocycles. The Morgan fingerprint density at radius 2 is 1.69 bits per heavy atom. The van der Waals surface area contributed by atoms with Crippen molar-refractivity contribution in [1.82, 2.24) is 10.3 Å². The number of rotatable bonds is 10. The van der Waals surface area contributed by atoms with Gasteiger partial charge in [0.25, 0.3) is 5.91 Å². The van der Waals surface area contributed by atoms with Crippen molar-refractivity contribution in [2.24, 2.45) is 0 Å². The first-order valence-corrected chi connectivity index (χ1v) is 10.1. The molecule has 8 heteroatoms. The fourth-order valence-electron chi connectivity index (χ4n) is 2.81. The van der Waals surface area contributed by atoms with Crippen molar-refractivity contribution in [1.29, 1.82) is 0 Å². The van der Waals surface area contributed by atoms with Gasteiger partial charge in [-0.25, -0.2) is 9.78 Å². The van der Waals surface area contributed by atoms with Gasteiger partial charge in [-0.05, 0) is 61.0 Å². The summed E-state index contributed by atoms with van der Waals surface area (Å²) in [4.78, 5) is 28.8. The molecule has 1 amide bonds. The number of methoxy groups -OCH3 is 1. The molecule has 0 aliphatic rings. The number of pyridine rings is 1. The van der Waals surface area contributed by atoms with E-state index in [0.717, 1.165) is 22.7 Å². The standard InChI is InChI=1S/C24H25N3O5/c1-3-31-20-12-8-18(9-13-20)27-23-21(5-4-14-25-23)24(29)32-16-22(28)26-15-17-6-10-19(30-2)11-7-17/h4-14H,3,15-16H2,1-2H3,(H,25,27)(H,26,28). The van der Waals surface area contributed by atoms with Crippen LogP contribution in [0.5, 0.6) is 11.5 Å². The SMILES string of the molecule is CCOc1ccc(Nc2ncccc2C(=O)OCC(=O)NCc2ccc(OC)cc2)cc1. The monoisotopic (exact) mass is 435 g/mol. The zero-order valence-corrected chi connectivity index (χ0v) is 18.0. The molecule has 1 aromatic heterocycles. The highest BCUT2D eigenvalue weighted by Crippen LogP contribution is 2.22. The molecular weight excluding hydrogens is 410 g/mol. The number of ether oxygens (including phenoxy) is 3. The van der Waals surface area contributed by atoms with E-state index in [1.807, 2.05) is 55.5 Å². The number of amides is 1. The van der Waals surface area contributed by atoms with Crippen molar-refractivity contribution in [2.75, 3.05) is 25.6 Å². The Kier molecular flexibility index (Phi) is 8.02. The third-order valence-electron chi connectivity index (χ3n) is 4.44. The van der Waals surface area contributed by atoms with E-state index in [1.54, 1.807) is 25.4 Å². The smallest absolute Gasteiger partial charge is 0.342 e. The van der Waals surface area contributed by atoms with Gasteiger partial charge in [0, 0.05) is 18.4 Å². The molecule has 0 fully saturated rings. The number of esters is 1. The molecule has 0 aliphatic carbocycles. The van der Waals surface area contributed by atoms with Crippen LogP contribution in [0.2, 0.25) is 0 Å². The molecule has 2 aromatic carbocycles. The van der Waals surface area contributed by atoms with Crippen molar-refractivity contribution >= 4 is 23.4 Å². The third kappa shape index (κ3) is 6.46. The van der Waals surface area contributed by atoms with Gasteiger partial charge in [-0.3, -0.25) is 4.79 Å². The fourth-order valence-corrected chi connectivity index (χ4v) is 2.81. The Morgan fingerprint density at radius 3 is 2.38 bits per heavy atom. The van der Waals surface area contributed by atoms with Crippen LogP contribution in [-0.2, 0) is 16.1 Å². The highest BCUT2D eigenvalue weighted by Gasteiger charge is 2.15. The van der Waals surface area contributed by atoms with E-state index < -0.39 is 18.5 Å². The predicted molar refractivity (Wildman–Crippen MR) is 120 cm³/mol. The maximum absolute atomic E-state index is 12.5. The molecule has 2 N–H and O–H groups in total. The largest absolute Gasteiger partial charge is 0.497 e. The summed E-state index contributed by atoms with van der Waals surface area (Å²) < 4.78 is 15.7. The van der Waals surface area contributed by atoms with Crippen molar-refractivity contribution in [3.8, 4) is 11.5 Å². The van der Waals surface area contributed by atoms with Crippen LogP contribution in [-0.4, -0.2) is 37.2 Å². The Labute approximate surface area is 186 Å². The van der Waals surface area contributed by atoms with Gasteiger partial charge in [0.05, 0.1) is 13.7 Å². The van der Waals surface area contributed by atoms with Crippen LogP contribution in [0.1, 0.15) is 22.8 Å². The predicted octanol–water partition coefficient (Wildman–Crippen LogP) is 3.71. The van der Waals surface area contributed by atoms with Crippen molar-refractivity contribution in [3.05, 3.63) is 78.0 Å². The Hall–Kier alpha value is -4.07. The van der Waals surface area contributed by atoms with Crippen LogP contribution in [0.15, 0.2) is 66.9 Å². The molecule has 3 aromatic rings. The van der Waals surface area contributed by atoms with E-state index in [4.69, 9.17) is 14.2 Å². The van der Waals surface area contributed by atoms with Gasteiger partial charge in [0.15, 0.2) is 6.61 Å². The number of anilines is 2. The topological polar surface area (TPSA) is 98.8 Å². The second-order valence-corrected chi connectivity index (χ2v) is 6.68. The first kappa shape index (κ1) is 22.6. The van der Waals surface area contributed by atoms with E-state index in [-0.39, 0.29) is 5.56 Å². The highest BCUT2D eigenvalue weighted by molar-refractivity contribution is 5.96. The van der Waals surface area contributed by atoms with Gasteiger partial charge in [0.2, 0.25) is 0 Å². The number of hydrogen-bond acceptors (Lipinski definition) is 7. The molecule has 0 saturated carbocycles. The minimum atomic E-state index is -0.647. The van der Waals surface area contributed by atoms with Crippen molar-refractivity contribution in [2.45, 2.75) is 13.5 Å². The lowest BCUT2D eigenvalue weighted by atomic mass is 10.2. The Morgan fingerprint density at radius 1 is 0.969 bits per heavy atom. The maximum atomic E-state index is 12.5. The average molecular weight is 435 g/mol. The van der Waals surface area contributed by atoms with Crippen molar-refractivity contribution < 1.29 is 23.8 Å². The Bertz CT molecular complexity index is 1040.